The van der Waals surface area contributed by atoms with E-state index in [0.29, 0.717) is 35.7 Å². The summed E-state index contributed by atoms with van der Waals surface area (Å²) in [6, 6.07) is 3.35. The first-order valence-corrected chi connectivity index (χ1v) is 12.4. The minimum absolute atomic E-state index is 0.0166. The van der Waals surface area contributed by atoms with Crippen molar-refractivity contribution in [2.45, 2.75) is 25.1 Å². The number of morpholine rings is 1. The topological polar surface area (TPSA) is 158 Å². The van der Waals surface area contributed by atoms with Crippen LogP contribution in [-0.2, 0) is 23.9 Å². The SMILES string of the molecule is CCOC(=O)CON=C(C(=O)N1CCOC(COc2cc(C)nc3nc(SC)nn23)C1)c1ccn[nH]1. The Morgan fingerprint density at radius 3 is 2.97 bits per heavy atom. The molecule has 4 rings (SSSR count). The first kappa shape index (κ1) is 25.4. The number of esters is 1. The molecule has 14 nitrogen and oxygen atoms in total. The minimum Gasteiger partial charge on any atom is -0.475 e. The Morgan fingerprint density at radius 1 is 1.36 bits per heavy atom. The molecule has 0 saturated carbocycles. The van der Waals surface area contributed by atoms with E-state index in [1.807, 2.05) is 13.2 Å². The van der Waals surface area contributed by atoms with Crippen molar-refractivity contribution in [3.05, 3.63) is 29.7 Å². The van der Waals surface area contributed by atoms with Crippen molar-refractivity contribution in [2.24, 2.45) is 5.16 Å². The van der Waals surface area contributed by atoms with E-state index in [1.165, 1.54) is 22.5 Å². The fraction of sp³-hybridized carbons (Fsp3) is 0.476. The molecule has 3 aromatic heterocycles. The quantitative estimate of drug-likeness (QED) is 0.172. The van der Waals surface area contributed by atoms with Gasteiger partial charge in [-0.1, -0.05) is 16.9 Å². The van der Waals surface area contributed by atoms with Gasteiger partial charge in [-0.3, -0.25) is 9.89 Å². The Labute approximate surface area is 210 Å². The minimum atomic E-state index is -0.585. The number of thioether (sulfide) groups is 1. The maximum atomic E-state index is 13.3. The van der Waals surface area contributed by atoms with Gasteiger partial charge in [0.05, 0.1) is 25.5 Å². The highest BCUT2D eigenvalue weighted by molar-refractivity contribution is 7.98. The van der Waals surface area contributed by atoms with E-state index in [4.69, 9.17) is 19.0 Å². The number of H-pyrrole nitrogens is 1. The number of carbonyl (C=O) groups excluding carboxylic acids is 2. The second-order valence-corrected chi connectivity index (χ2v) is 8.36. The Bertz CT molecular complexity index is 1230. The zero-order valence-corrected chi connectivity index (χ0v) is 20.9. The van der Waals surface area contributed by atoms with Gasteiger partial charge in [-0.05, 0) is 26.2 Å². The second-order valence-electron chi connectivity index (χ2n) is 7.59. The number of ether oxygens (including phenoxy) is 3. The molecule has 192 valence electrons. The van der Waals surface area contributed by atoms with Crippen LogP contribution in [0, 0.1) is 6.92 Å². The van der Waals surface area contributed by atoms with E-state index in [1.54, 1.807) is 24.0 Å². The Hall–Kier alpha value is -3.72. The van der Waals surface area contributed by atoms with Crippen LogP contribution < -0.4 is 4.74 Å². The second kappa shape index (κ2) is 11.8. The largest absolute Gasteiger partial charge is 0.475 e. The molecule has 15 heteroatoms. The van der Waals surface area contributed by atoms with Crippen LogP contribution in [0.5, 0.6) is 5.88 Å². The number of nitrogens with one attached hydrogen (secondary N) is 1. The maximum absolute atomic E-state index is 13.3. The van der Waals surface area contributed by atoms with Crippen LogP contribution in [0.2, 0.25) is 0 Å². The number of rotatable bonds is 10. The van der Waals surface area contributed by atoms with Crippen molar-refractivity contribution in [1.29, 1.82) is 0 Å². The monoisotopic (exact) mass is 518 g/mol. The third kappa shape index (κ3) is 6.09. The Kier molecular flexibility index (Phi) is 8.32. The lowest BCUT2D eigenvalue weighted by atomic mass is 10.2. The highest BCUT2D eigenvalue weighted by atomic mass is 32.2. The fourth-order valence-electron chi connectivity index (χ4n) is 3.40. The molecule has 1 aliphatic rings. The highest BCUT2D eigenvalue weighted by Crippen LogP contribution is 2.18. The summed E-state index contributed by atoms with van der Waals surface area (Å²) in [4.78, 5) is 40.2. The van der Waals surface area contributed by atoms with Crippen molar-refractivity contribution >= 4 is 35.1 Å². The normalized spacial score (nSPS) is 16.2. The van der Waals surface area contributed by atoms with Gasteiger partial charge >= 0.3 is 5.97 Å². The molecule has 0 radical (unpaired) electrons. The average Bonchev–Trinajstić information content (AvgIpc) is 3.55. The van der Waals surface area contributed by atoms with E-state index in [9.17, 15) is 9.59 Å². The standard InChI is InChI=1S/C21H26N8O6S/c1-4-32-17(30)12-35-27-18(15-5-6-22-25-15)19(31)28-7-8-33-14(10-28)11-34-16-9-13(2)23-20-24-21(36-3)26-29(16)20/h5-6,9,14H,4,7-8,10-12H2,1-3H3,(H,22,25). The van der Waals surface area contributed by atoms with Crippen LogP contribution in [-0.4, -0.2) is 104 Å². The molecule has 1 saturated heterocycles. The number of aryl methyl sites for hydroxylation is 1. The fourth-order valence-corrected chi connectivity index (χ4v) is 3.74. The van der Waals surface area contributed by atoms with Gasteiger partial charge in [0.15, 0.2) is 5.71 Å². The summed E-state index contributed by atoms with van der Waals surface area (Å²) in [7, 11) is 0. The van der Waals surface area contributed by atoms with Crippen molar-refractivity contribution < 1.29 is 28.6 Å². The smallest absolute Gasteiger partial charge is 0.347 e. The summed E-state index contributed by atoms with van der Waals surface area (Å²) in [5, 5.41) is 15.4. The molecule has 0 aliphatic carbocycles. The van der Waals surface area contributed by atoms with E-state index < -0.39 is 24.6 Å². The summed E-state index contributed by atoms with van der Waals surface area (Å²) in [5.41, 5.74) is 1.08. The van der Waals surface area contributed by atoms with Gasteiger partial charge < -0.3 is 23.9 Å². The first-order valence-electron chi connectivity index (χ1n) is 11.2. The number of carbonyl (C=O) groups is 2. The van der Waals surface area contributed by atoms with Crippen LogP contribution in [0.4, 0.5) is 0 Å². The molecule has 4 heterocycles. The first-order chi connectivity index (χ1) is 17.5. The molecule has 3 aromatic rings. The summed E-state index contributed by atoms with van der Waals surface area (Å²) < 4.78 is 18.2. The van der Waals surface area contributed by atoms with E-state index in [-0.39, 0.29) is 25.5 Å². The van der Waals surface area contributed by atoms with Crippen molar-refractivity contribution in [1.82, 2.24) is 34.7 Å². The highest BCUT2D eigenvalue weighted by Gasteiger charge is 2.30. The summed E-state index contributed by atoms with van der Waals surface area (Å²) >= 11 is 1.41. The molecule has 1 aliphatic heterocycles. The van der Waals surface area contributed by atoms with Crippen LogP contribution in [0.25, 0.3) is 5.78 Å². The summed E-state index contributed by atoms with van der Waals surface area (Å²) in [6.07, 6.45) is 2.97. The number of hydrogen-bond acceptors (Lipinski definition) is 12. The molecule has 0 bridgehead atoms. The number of amides is 1. The van der Waals surface area contributed by atoms with Crippen molar-refractivity contribution in [2.75, 3.05) is 45.8 Å². The third-order valence-corrected chi connectivity index (χ3v) is 5.55. The van der Waals surface area contributed by atoms with Crippen LogP contribution >= 0.6 is 11.8 Å². The van der Waals surface area contributed by atoms with E-state index in [2.05, 4.69) is 30.4 Å². The van der Waals surface area contributed by atoms with Crippen molar-refractivity contribution in [3.8, 4) is 5.88 Å². The predicted octanol–water partition coefficient (Wildman–Crippen LogP) is 0.468. The molecular formula is C21H26N8O6S. The number of aromatic amines is 1. The number of fused-ring (bicyclic) bond motifs is 1. The van der Waals surface area contributed by atoms with Gasteiger partial charge in [0.2, 0.25) is 17.6 Å². The lowest BCUT2D eigenvalue weighted by Gasteiger charge is -2.32. The maximum Gasteiger partial charge on any atom is 0.347 e. The van der Waals surface area contributed by atoms with Gasteiger partial charge in [-0.15, -0.1) is 5.10 Å². The van der Waals surface area contributed by atoms with Gasteiger partial charge in [0.1, 0.15) is 12.7 Å². The lowest BCUT2D eigenvalue weighted by Crippen LogP contribution is -2.50. The zero-order chi connectivity index (χ0) is 25.5. The molecule has 0 spiro atoms. The lowest BCUT2D eigenvalue weighted by molar-refractivity contribution is -0.148. The van der Waals surface area contributed by atoms with Crippen LogP contribution in [0.15, 0.2) is 28.6 Å². The van der Waals surface area contributed by atoms with Gasteiger partial charge in [0, 0.05) is 24.5 Å². The van der Waals surface area contributed by atoms with E-state index in [0.717, 1.165) is 5.69 Å². The zero-order valence-electron chi connectivity index (χ0n) is 20.0. The predicted molar refractivity (Wildman–Crippen MR) is 127 cm³/mol. The van der Waals surface area contributed by atoms with E-state index >= 15 is 0 Å². The summed E-state index contributed by atoms with van der Waals surface area (Å²) in [5.74, 6) is -0.0680. The number of hydrogen-bond donors (Lipinski definition) is 1. The molecule has 1 unspecified atom stereocenters. The average molecular weight is 519 g/mol. The molecule has 0 aromatic carbocycles. The van der Waals surface area contributed by atoms with Crippen LogP contribution in [0.3, 0.4) is 0 Å². The van der Waals surface area contributed by atoms with Gasteiger partial charge in [-0.25, -0.2) is 9.78 Å². The Morgan fingerprint density at radius 2 is 2.22 bits per heavy atom. The summed E-state index contributed by atoms with van der Waals surface area (Å²) in [6.45, 7) is 4.42. The van der Waals surface area contributed by atoms with Crippen LogP contribution in [0.1, 0.15) is 18.3 Å². The molecular weight excluding hydrogens is 492 g/mol. The molecule has 1 fully saturated rings. The number of aromatic nitrogens is 6. The number of oxime groups is 1. The molecule has 36 heavy (non-hydrogen) atoms. The van der Waals surface area contributed by atoms with Gasteiger partial charge in [-0.2, -0.15) is 14.6 Å². The molecule has 1 amide bonds. The van der Waals surface area contributed by atoms with Gasteiger partial charge in [0.25, 0.3) is 11.7 Å². The number of nitrogens with zero attached hydrogens (tertiary/aromatic N) is 7. The van der Waals surface area contributed by atoms with Crippen molar-refractivity contribution in [3.63, 3.8) is 0 Å². The molecule has 1 N–H and O–H groups in total. The third-order valence-electron chi connectivity index (χ3n) is 5.02. The molecule has 1 atom stereocenters. The Balaban J connectivity index is 1.43.